The lowest BCUT2D eigenvalue weighted by molar-refractivity contribution is -0.118. The smallest absolute Gasteiger partial charge is 0.264 e. The Balaban J connectivity index is 1.87. The third-order valence-corrected chi connectivity index (χ3v) is 3.86. The van der Waals surface area contributed by atoms with Crippen molar-refractivity contribution in [1.29, 1.82) is 0 Å². The highest BCUT2D eigenvalue weighted by Gasteiger charge is 2.07. The SMILES string of the molecule is Cc1ccc(OCC(=O)Nc2nc(CCl)cs2)cc1C. The van der Waals surface area contributed by atoms with E-state index in [9.17, 15) is 4.79 Å². The second-order valence-electron chi connectivity index (χ2n) is 4.36. The van der Waals surface area contributed by atoms with Crippen LogP contribution in [0.4, 0.5) is 5.13 Å². The summed E-state index contributed by atoms with van der Waals surface area (Å²) in [7, 11) is 0. The molecule has 0 spiro atoms. The molecule has 0 unspecified atom stereocenters. The Morgan fingerprint density at radius 3 is 2.85 bits per heavy atom. The van der Waals surface area contributed by atoms with Crippen LogP contribution in [-0.2, 0) is 10.7 Å². The van der Waals surface area contributed by atoms with Gasteiger partial charge in [-0.2, -0.15) is 0 Å². The van der Waals surface area contributed by atoms with Crippen LogP contribution in [0.3, 0.4) is 0 Å². The van der Waals surface area contributed by atoms with Gasteiger partial charge in [-0.15, -0.1) is 22.9 Å². The highest BCUT2D eigenvalue weighted by atomic mass is 35.5. The normalized spacial score (nSPS) is 10.3. The molecule has 0 aliphatic carbocycles. The number of amides is 1. The van der Waals surface area contributed by atoms with Crippen molar-refractivity contribution in [2.75, 3.05) is 11.9 Å². The van der Waals surface area contributed by atoms with Gasteiger partial charge in [0.1, 0.15) is 5.75 Å². The zero-order valence-corrected chi connectivity index (χ0v) is 12.8. The van der Waals surface area contributed by atoms with Gasteiger partial charge in [-0.25, -0.2) is 4.98 Å². The molecule has 2 rings (SSSR count). The summed E-state index contributed by atoms with van der Waals surface area (Å²) < 4.78 is 5.45. The van der Waals surface area contributed by atoms with E-state index in [0.717, 1.165) is 11.3 Å². The van der Waals surface area contributed by atoms with Crippen molar-refractivity contribution in [2.24, 2.45) is 0 Å². The van der Waals surface area contributed by atoms with Gasteiger partial charge in [0.05, 0.1) is 11.6 Å². The fourth-order valence-corrected chi connectivity index (χ4v) is 2.49. The Kier molecular flexibility index (Phi) is 4.98. The Morgan fingerprint density at radius 2 is 2.20 bits per heavy atom. The molecule has 1 N–H and O–H groups in total. The molecule has 20 heavy (non-hydrogen) atoms. The number of thiazole rings is 1. The van der Waals surface area contributed by atoms with E-state index in [1.54, 1.807) is 0 Å². The van der Waals surface area contributed by atoms with Crippen molar-refractivity contribution in [3.8, 4) is 5.75 Å². The standard InChI is InChI=1S/C14H15ClN2O2S/c1-9-3-4-12(5-10(9)2)19-7-13(18)17-14-16-11(6-15)8-20-14/h3-5,8H,6-7H2,1-2H3,(H,16,17,18). The summed E-state index contributed by atoms with van der Waals surface area (Å²) in [6.45, 7) is 3.99. The number of carbonyl (C=O) groups excluding carboxylic acids is 1. The average molecular weight is 311 g/mol. The molecule has 1 amide bonds. The van der Waals surface area contributed by atoms with E-state index in [1.807, 2.05) is 37.4 Å². The summed E-state index contributed by atoms with van der Waals surface area (Å²) in [5.74, 6) is 0.786. The minimum Gasteiger partial charge on any atom is -0.484 e. The first-order chi connectivity index (χ1) is 9.58. The topological polar surface area (TPSA) is 51.2 Å². The maximum absolute atomic E-state index is 11.7. The van der Waals surface area contributed by atoms with E-state index in [2.05, 4.69) is 10.3 Å². The Hall–Kier alpha value is -1.59. The summed E-state index contributed by atoms with van der Waals surface area (Å²) >= 11 is 7.00. The van der Waals surface area contributed by atoms with Crippen molar-refractivity contribution in [2.45, 2.75) is 19.7 Å². The number of ether oxygens (including phenoxy) is 1. The van der Waals surface area contributed by atoms with Crippen LogP contribution in [0.25, 0.3) is 0 Å². The quantitative estimate of drug-likeness (QED) is 0.860. The summed E-state index contributed by atoms with van der Waals surface area (Å²) in [4.78, 5) is 15.9. The lowest BCUT2D eigenvalue weighted by atomic mass is 10.1. The van der Waals surface area contributed by atoms with Crippen LogP contribution in [0.2, 0.25) is 0 Å². The highest BCUT2D eigenvalue weighted by molar-refractivity contribution is 7.13. The predicted molar refractivity (Wildman–Crippen MR) is 81.7 cm³/mol. The molecule has 0 aliphatic heterocycles. The molecule has 4 nitrogen and oxygen atoms in total. The maximum atomic E-state index is 11.7. The molecular formula is C14H15ClN2O2S. The zero-order chi connectivity index (χ0) is 14.5. The van der Waals surface area contributed by atoms with Gasteiger partial charge < -0.3 is 4.74 Å². The number of carbonyl (C=O) groups is 1. The van der Waals surface area contributed by atoms with E-state index in [1.165, 1.54) is 16.9 Å². The van der Waals surface area contributed by atoms with Crippen LogP contribution in [0.15, 0.2) is 23.6 Å². The second-order valence-corrected chi connectivity index (χ2v) is 5.49. The number of alkyl halides is 1. The number of hydrogen-bond donors (Lipinski definition) is 1. The minimum absolute atomic E-state index is 0.0434. The van der Waals surface area contributed by atoms with Crippen molar-refractivity contribution in [3.63, 3.8) is 0 Å². The van der Waals surface area contributed by atoms with Crippen LogP contribution in [0.1, 0.15) is 16.8 Å². The number of aryl methyl sites for hydroxylation is 2. The lowest BCUT2D eigenvalue weighted by Crippen LogP contribution is -2.20. The first-order valence-corrected chi connectivity index (χ1v) is 7.50. The third kappa shape index (κ3) is 3.95. The molecule has 0 fully saturated rings. The molecule has 0 bridgehead atoms. The molecule has 0 atom stereocenters. The fraction of sp³-hybridized carbons (Fsp3) is 0.286. The van der Waals surface area contributed by atoms with Crippen LogP contribution in [0.5, 0.6) is 5.75 Å². The van der Waals surface area contributed by atoms with E-state index < -0.39 is 0 Å². The van der Waals surface area contributed by atoms with Gasteiger partial charge in [-0.1, -0.05) is 6.07 Å². The molecule has 2 aromatic rings. The first kappa shape index (κ1) is 14.8. The maximum Gasteiger partial charge on any atom is 0.264 e. The number of benzene rings is 1. The molecule has 1 aromatic heterocycles. The number of anilines is 1. The van der Waals surface area contributed by atoms with Crippen LogP contribution < -0.4 is 10.1 Å². The Labute approximate surface area is 126 Å². The molecule has 106 valence electrons. The van der Waals surface area contributed by atoms with Crippen molar-refractivity contribution >= 4 is 34.0 Å². The van der Waals surface area contributed by atoms with Crippen molar-refractivity contribution < 1.29 is 9.53 Å². The molecule has 0 aliphatic rings. The third-order valence-electron chi connectivity index (χ3n) is 2.78. The van der Waals surface area contributed by atoms with Gasteiger partial charge in [-0.3, -0.25) is 10.1 Å². The summed E-state index contributed by atoms with van der Waals surface area (Å²) in [5.41, 5.74) is 3.08. The molecule has 1 aromatic carbocycles. The summed E-state index contributed by atoms with van der Waals surface area (Å²) in [6.07, 6.45) is 0. The molecule has 0 saturated carbocycles. The number of aromatic nitrogens is 1. The van der Waals surface area contributed by atoms with Gasteiger partial charge in [0, 0.05) is 5.38 Å². The fourth-order valence-electron chi connectivity index (χ4n) is 1.53. The Morgan fingerprint density at radius 1 is 1.40 bits per heavy atom. The van der Waals surface area contributed by atoms with Gasteiger partial charge in [0.2, 0.25) is 0 Å². The van der Waals surface area contributed by atoms with Crippen molar-refractivity contribution in [3.05, 3.63) is 40.4 Å². The summed E-state index contributed by atoms with van der Waals surface area (Å²) in [6, 6.07) is 5.73. The summed E-state index contributed by atoms with van der Waals surface area (Å²) in [5, 5.41) is 5.03. The van der Waals surface area contributed by atoms with Gasteiger partial charge in [-0.05, 0) is 37.1 Å². The predicted octanol–water partition coefficient (Wildman–Crippen LogP) is 3.52. The molecular weight excluding hydrogens is 296 g/mol. The van der Waals surface area contributed by atoms with Crippen LogP contribution in [0, 0.1) is 13.8 Å². The number of nitrogens with one attached hydrogen (secondary N) is 1. The largest absolute Gasteiger partial charge is 0.484 e. The monoisotopic (exact) mass is 310 g/mol. The van der Waals surface area contributed by atoms with Gasteiger partial charge in [0.15, 0.2) is 11.7 Å². The Bertz CT molecular complexity index is 613. The van der Waals surface area contributed by atoms with Crippen molar-refractivity contribution in [1.82, 2.24) is 4.98 Å². The number of rotatable bonds is 5. The van der Waals surface area contributed by atoms with Crippen LogP contribution >= 0.6 is 22.9 Å². The van der Waals surface area contributed by atoms with Gasteiger partial charge >= 0.3 is 0 Å². The second kappa shape index (κ2) is 6.72. The molecule has 0 saturated heterocycles. The average Bonchev–Trinajstić information content (AvgIpc) is 2.88. The molecule has 1 heterocycles. The minimum atomic E-state index is -0.237. The van der Waals surface area contributed by atoms with E-state index in [4.69, 9.17) is 16.3 Å². The number of nitrogens with zero attached hydrogens (tertiary/aromatic N) is 1. The number of hydrogen-bond acceptors (Lipinski definition) is 4. The lowest BCUT2D eigenvalue weighted by Gasteiger charge is -2.07. The zero-order valence-electron chi connectivity index (χ0n) is 11.3. The first-order valence-electron chi connectivity index (χ1n) is 6.09. The van der Waals surface area contributed by atoms with E-state index in [-0.39, 0.29) is 12.5 Å². The molecule has 6 heteroatoms. The number of halogens is 1. The van der Waals surface area contributed by atoms with Crippen LogP contribution in [-0.4, -0.2) is 17.5 Å². The van der Waals surface area contributed by atoms with Gasteiger partial charge in [0.25, 0.3) is 5.91 Å². The van der Waals surface area contributed by atoms with E-state index in [0.29, 0.717) is 16.8 Å². The molecule has 0 radical (unpaired) electrons. The highest BCUT2D eigenvalue weighted by Crippen LogP contribution is 2.18. The van der Waals surface area contributed by atoms with E-state index >= 15 is 0 Å².